The molecule has 192 valence electrons. The number of hydrogen-bond donors (Lipinski definition) is 2. The highest BCUT2D eigenvalue weighted by molar-refractivity contribution is 5.94. The Balaban J connectivity index is 1.15. The third kappa shape index (κ3) is 6.75. The Kier molecular flexibility index (Phi) is 8.65. The maximum Gasteiger partial charge on any atom is 0.253 e. The smallest absolute Gasteiger partial charge is 0.253 e. The lowest BCUT2D eigenvalue weighted by atomic mass is 9.77. The number of primary amides is 1. The minimum absolute atomic E-state index is 0.0820. The fraction of sp³-hybridized carbons (Fsp3) is 0.667. The fourth-order valence-electron chi connectivity index (χ4n) is 5.64. The summed E-state index contributed by atoms with van der Waals surface area (Å²) in [5.74, 6) is 0.954. The largest absolute Gasteiger partial charge is 0.385 e. The van der Waals surface area contributed by atoms with Crippen molar-refractivity contribution in [3.05, 3.63) is 29.8 Å². The normalized spacial score (nSPS) is 23.1. The molecule has 8 nitrogen and oxygen atoms in total. The fourth-order valence-corrected chi connectivity index (χ4v) is 5.64. The van der Waals surface area contributed by atoms with Crippen molar-refractivity contribution in [1.29, 1.82) is 0 Å². The van der Waals surface area contributed by atoms with E-state index in [1.54, 1.807) is 0 Å². The molecule has 0 bridgehead atoms. The van der Waals surface area contributed by atoms with E-state index < -0.39 is 0 Å². The van der Waals surface area contributed by atoms with Crippen LogP contribution < -0.4 is 11.1 Å². The third-order valence-electron chi connectivity index (χ3n) is 8.03. The van der Waals surface area contributed by atoms with Crippen LogP contribution >= 0.6 is 0 Å². The van der Waals surface area contributed by atoms with E-state index in [0.717, 1.165) is 76.9 Å². The van der Waals surface area contributed by atoms with Crippen molar-refractivity contribution in [3.8, 4) is 0 Å². The summed E-state index contributed by atoms with van der Waals surface area (Å²) >= 11 is 0. The number of piperidine rings is 2. The predicted molar refractivity (Wildman–Crippen MR) is 137 cm³/mol. The summed E-state index contributed by atoms with van der Waals surface area (Å²) in [6.45, 7) is 5.01. The third-order valence-corrected chi connectivity index (χ3v) is 8.03. The van der Waals surface area contributed by atoms with Gasteiger partial charge in [-0.15, -0.1) is 0 Å². The zero-order valence-corrected chi connectivity index (χ0v) is 21.1. The summed E-state index contributed by atoms with van der Waals surface area (Å²) in [5.41, 5.74) is 6.73. The van der Waals surface area contributed by atoms with Crippen molar-refractivity contribution >= 4 is 23.4 Å². The Bertz CT molecular complexity index is 869. The number of benzene rings is 1. The van der Waals surface area contributed by atoms with Crippen LogP contribution in [0.5, 0.6) is 0 Å². The molecule has 1 saturated carbocycles. The maximum absolute atomic E-state index is 12.9. The SMILES string of the molecule is CN(CC1CCN(C(=O)c2ccc(NCCC(N)=O)cc2)CC1)C1CC(C(=O)N2CCCCC2)C1. The Morgan fingerprint density at radius 3 is 2.26 bits per heavy atom. The van der Waals surface area contributed by atoms with Gasteiger partial charge >= 0.3 is 0 Å². The van der Waals surface area contributed by atoms with Crippen molar-refractivity contribution < 1.29 is 14.4 Å². The van der Waals surface area contributed by atoms with E-state index in [1.807, 2.05) is 29.2 Å². The summed E-state index contributed by atoms with van der Waals surface area (Å²) in [6.07, 6.45) is 7.88. The summed E-state index contributed by atoms with van der Waals surface area (Å²) in [5, 5.41) is 3.14. The lowest BCUT2D eigenvalue weighted by molar-refractivity contribution is -0.141. The monoisotopic (exact) mass is 483 g/mol. The van der Waals surface area contributed by atoms with Crippen LogP contribution in [0.15, 0.2) is 24.3 Å². The number of anilines is 1. The van der Waals surface area contributed by atoms with Crippen molar-refractivity contribution in [1.82, 2.24) is 14.7 Å². The molecule has 3 amide bonds. The molecular weight excluding hydrogens is 442 g/mol. The summed E-state index contributed by atoms with van der Waals surface area (Å²) in [6, 6.07) is 7.94. The summed E-state index contributed by atoms with van der Waals surface area (Å²) in [4.78, 5) is 43.0. The number of hydrogen-bond acceptors (Lipinski definition) is 5. The molecule has 3 aliphatic rings. The first-order chi connectivity index (χ1) is 16.9. The maximum atomic E-state index is 12.9. The molecule has 0 spiro atoms. The molecule has 3 fully saturated rings. The van der Waals surface area contributed by atoms with E-state index in [-0.39, 0.29) is 24.2 Å². The number of nitrogens with two attached hydrogens (primary N) is 1. The van der Waals surface area contributed by atoms with Crippen molar-refractivity contribution in [2.45, 2.75) is 57.4 Å². The Morgan fingerprint density at radius 1 is 0.971 bits per heavy atom. The zero-order valence-electron chi connectivity index (χ0n) is 21.1. The molecule has 0 atom stereocenters. The molecule has 2 heterocycles. The molecule has 8 heteroatoms. The van der Waals surface area contributed by atoms with E-state index in [4.69, 9.17) is 5.73 Å². The van der Waals surface area contributed by atoms with Gasteiger partial charge in [-0.05, 0) is 82.2 Å². The lowest BCUT2D eigenvalue weighted by Gasteiger charge is -2.44. The van der Waals surface area contributed by atoms with E-state index in [0.29, 0.717) is 30.0 Å². The van der Waals surface area contributed by atoms with Crippen LogP contribution in [0.1, 0.15) is 61.7 Å². The molecule has 1 aromatic carbocycles. The number of carbonyl (C=O) groups is 3. The molecule has 2 saturated heterocycles. The van der Waals surface area contributed by atoms with E-state index >= 15 is 0 Å². The molecule has 2 aliphatic heterocycles. The highest BCUT2D eigenvalue weighted by Crippen LogP contribution is 2.34. The summed E-state index contributed by atoms with van der Waals surface area (Å²) in [7, 11) is 2.20. The first kappa shape index (κ1) is 25.5. The van der Waals surface area contributed by atoms with Crippen molar-refractivity contribution in [2.24, 2.45) is 17.6 Å². The van der Waals surface area contributed by atoms with Crippen LogP contribution in [0.2, 0.25) is 0 Å². The number of amides is 3. The van der Waals surface area contributed by atoms with Gasteiger partial charge in [-0.2, -0.15) is 0 Å². The van der Waals surface area contributed by atoms with Crippen LogP contribution in [0.3, 0.4) is 0 Å². The summed E-state index contributed by atoms with van der Waals surface area (Å²) < 4.78 is 0. The van der Waals surface area contributed by atoms with Gasteiger partial charge in [0.05, 0.1) is 0 Å². The Hall–Kier alpha value is -2.61. The molecule has 0 aromatic heterocycles. The second-order valence-electron chi connectivity index (χ2n) is 10.6. The van der Waals surface area contributed by atoms with Gasteiger partial charge in [0, 0.05) is 68.9 Å². The minimum Gasteiger partial charge on any atom is -0.385 e. The highest BCUT2D eigenvalue weighted by Gasteiger charge is 2.39. The van der Waals surface area contributed by atoms with Gasteiger partial charge < -0.3 is 25.8 Å². The standard InChI is InChI=1S/C27H41N5O3/c1-30(24-17-22(18-24)27(35)31-13-3-2-4-14-31)19-20-10-15-32(16-11-20)26(34)21-5-7-23(8-6-21)29-12-9-25(28)33/h5-8,20,22,24,29H,2-4,9-19H2,1H3,(H2,28,33). The quantitative estimate of drug-likeness (QED) is 0.562. The van der Waals surface area contributed by atoms with Gasteiger partial charge in [0.1, 0.15) is 0 Å². The minimum atomic E-state index is -0.335. The van der Waals surface area contributed by atoms with Gasteiger partial charge in [0.2, 0.25) is 11.8 Å². The topological polar surface area (TPSA) is 99.0 Å². The van der Waals surface area contributed by atoms with Gasteiger partial charge in [-0.1, -0.05) is 0 Å². The highest BCUT2D eigenvalue weighted by atomic mass is 16.2. The van der Waals surface area contributed by atoms with Crippen LogP contribution in [-0.2, 0) is 9.59 Å². The van der Waals surface area contributed by atoms with E-state index in [2.05, 4.69) is 22.2 Å². The van der Waals surface area contributed by atoms with Crippen LogP contribution in [0.25, 0.3) is 0 Å². The second kappa shape index (κ2) is 11.9. The van der Waals surface area contributed by atoms with Gasteiger partial charge in [0.25, 0.3) is 5.91 Å². The Morgan fingerprint density at radius 2 is 1.63 bits per heavy atom. The molecule has 3 N–H and O–H groups in total. The number of carbonyl (C=O) groups excluding carboxylic acids is 3. The molecule has 0 radical (unpaired) electrons. The molecule has 1 aliphatic carbocycles. The van der Waals surface area contributed by atoms with Gasteiger partial charge in [-0.3, -0.25) is 14.4 Å². The first-order valence-electron chi connectivity index (χ1n) is 13.3. The van der Waals surface area contributed by atoms with Crippen LogP contribution in [-0.4, -0.2) is 84.8 Å². The van der Waals surface area contributed by atoms with Gasteiger partial charge in [0.15, 0.2) is 0 Å². The first-order valence-corrected chi connectivity index (χ1v) is 13.3. The molecular formula is C27H41N5O3. The number of nitrogens with one attached hydrogen (secondary N) is 1. The number of nitrogens with zero attached hydrogens (tertiary/aromatic N) is 3. The van der Waals surface area contributed by atoms with E-state index in [9.17, 15) is 14.4 Å². The number of rotatable bonds is 9. The molecule has 35 heavy (non-hydrogen) atoms. The molecule has 1 aromatic rings. The Labute approximate surface area is 209 Å². The number of likely N-dealkylation sites (tertiary alicyclic amines) is 2. The van der Waals surface area contributed by atoms with Crippen molar-refractivity contribution in [2.75, 3.05) is 51.6 Å². The molecule has 4 rings (SSSR count). The predicted octanol–water partition coefficient (Wildman–Crippen LogP) is 2.55. The lowest BCUT2D eigenvalue weighted by Crippen LogP contribution is -2.51. The van der Waals surface area contributed by atoms with Crippen LogP contribution in [0.4, 0.5) is 5.69 Å². The average Bonchev–Trinajstić information content (AvgIpc) is 2.84. The second-order valence-corrected chi connectivity index (χ2v) is 10.6. The van der Waals surface area contributed by atoms with E-state index in [1.165, 1.54) is 6.42 Å². The van der Waals surface area contributed by atoms with Crippen molar-refractivity contribution in [3.63, 3.8) is 0 Å². The molecule has 0 unspecified atom stereocenters. The average molecular weight is 484 g/mol. The zero-order chi connectivity index (χ0) is 24.8. The van der Waals surface area contributed by atoms with Gasteiger partial charge in [-0.25, -0.2) is 0 Å². The van der Waals surface area contributed by atoms with Crippen LogP contribution in [0, 0.1) is 11.8 Å².